The van der Waals surface area contributed by atoms with E-state index in [1.165, 1.54) is 7.11 Å². The van der Waals surface area contributed by atoms with Crippen LogP contribution >= 0.6 is 11.3 Å². The van der Waals surface area contributed by atoms with Crippen molar-refractivity contribution in [1.29, 1.82) is 0 Å². The van der Waals surface area contributed by atoms with Gasteiger partial charge in [0.15, 0.2) is 4.21 Å². The van der Waals surface area contributed by atoms with Gasteiger partial charge in [0.25, 0.3) is 10.0 Å². The summed E-state index contributed by atoms with van der Waals surface area (Å²) in [6.45, 7) is 4.59. The molecule has 0 bridgehead atoms. The van der Waals surface area contributed by atoms with Crippen molar-refractivity contribution < 1.29 is 22.7 Å². The molecule has 0 radical (unpaired) electrons. The lowest BCUT2D eigenvalue weighted by Gasteiger charge is -2.27. The van der Waals surface area contributed by atoms with E-state index in [0.29, 0.717) is 30.8 Å². The molecular weight excluding hydrogens is 424 g/mol. The van der Waals surface area contributed by atoms with Crippen molar-refractivity contribution in [2.45, 2.75) is 43.9 Å². The summed E-state index contributed by atoms with van der Waals surface area (Å²) < 4.78 is 33.9. The number of rotatable bonds is 5. The van der Waals surface area contributed by atoms with Gasteiger partial charge >= 0.3 is 5.97 Å². The van der Waals surface area contributed by atoms with E-state index >= 15 is 0 Å². The number of nitrogens with one attached hydrogen (secondary N) is 1. The van der Waals surface area contributed by atoms with E-state index in [0.717, 1.165) is 40.2 Å². The van der Waals surface area contributed by atoms with Gasteiger partial charge in [-0.1, -0.05) is 6.07 Å². The third kappa shape index (κ3) is 3.96. The van der Waals surface area contributed by atoms with E-state index in [-0.39, 0.29) is 21.6 Å². The van der Waals surface area contributed by atoms with Crippen LogP contribution in [0.25, 0.3) is 0 Å². The van der Waals surface area contributed by atoms with Crippen LogP contribution in [0.3, 0.4) is 0 Å². The van der Waals surface area contributed by atoms with Gasteiger partial charge in [0.1, 0.15) is 0 Å². The summed E-state index contributed by atoms with van der Waals surface area (Å²) in [5.41, 5.74) is 3.07. The number of amides is 1. The quantitative estimate of drug-likeness (QED) is 0.709. The average molecular weight is 449 g/mol. The zero-order valence-electron chi connectivity index (χ0n) is 17.1. The van der Waals surface area contributed by atoms with Gasteiger partial charge in [0, 0.05) is 23.0 Å². The highest BCUT2D eigenvalue weighted by atomic mass is 32.2. The molecule has 0 spiro atoms. The topological polar surface area (TPSA) is 92.8 Å². The van der Waals surface area contributed by atoms with E-state index < -0.39 is 16.0 Å². The Bertz CT molecular complexity index is 1110. The van der Waals surface area contributed by atoms with Gasteiger partial charge in [0.05, 0.1) is 19.2 Å². The lowest BCUT2D eigenvalue weighted by atomic mass is 10.0. The summed E-state index contributed by atoms with van der Waals surface area (Å²) in [5.74, 6) is -0.456. The molecule has 0 unspecified atom stereocenters. The summed E-state index contributed by atoms with van der Waals surface area (Å²) in [4.78, 5) is 27.5. The van der Waals surface area contributed by atoms with E-state index in [1.807, 2.05) is 19.9 Å². The molecule has 1 N–H and O–H groups in total. The molecule has 30 heavy (non-hydrogen) atoms. The number of anilines is 1. The number of ether oxygens (including phenoxy) is 1. The molecule has 7 nitrogen and oxygen atoms in total. The van der Waals surface area contributed by atoms with Crippen molar-refractivity contribution in [2.75, 3.05) is 18.4 Å². The number of esters is 1. The Labute approximate surface area is 180 Å². The van der Waals surface area contributed by atoms with Gasteiger partial charge in [-0.3, -0.25) is 9.52 Å². The Morgan fingerprint density at radius 1 is 1.17 bits per heavy atom. The molecular formula is C21H24N2O5S2. The summed E-state index contributed by atoms with van der Waals surface area (Å²) in [7, 11) is -2.76. The smallest absolute Gasteiger partial charge is 0.340 e. The Hall–Kier alpha value is -2.39. The number of hydrogen-bond donors (Lipinski definition) is 1. The van der Waals surface area contributed by atoms with Crippen LogP contribution in [-0.2, 0) is 32.5 Å². The zero-order chi connectivity index (χ0) is 21.6. The molecule has 0 saturated heterocycles. The van der Waals surface area contributed by atoms with Crippen molar-refractivity contribution in [1.82, 2.24) is 4.90 Å². The number of nitrogens with zero attached hydrogens (tertiary/aromatic N) is 1. The lowest BCUT2D eigenvalue weighted by molar-refractivity contribution is -0.133. The highest BCUT2D eigenvalue weighted by Crippen LogP contribution is 2.39. The molecule has 2 heterocycles. The molecule has 1 saturated carbocycles. The first-order valence-corrected chi connectivity index (χ1v) is 12.1. The third-order valence-electron chi connectivity index (χ3n) is 5.37. The van der Waals surface area contributed by atoms with Gasteiger partial charge < -0.3 is 9.64 Å². The minimum atomic E-state index is -4.00. The monoisotopic (exact) mass is 448 g/mol. The second kappa shape index (κ2) is 7.70. The molecule has 9 heteroatoms. The molecule has 0 atom stereocenters. The predicted octanol–water partition coefficient (Wildman–Crippen LogP) is 3.25. The van der Waals surface area contributed by atoms with Crippen LogP contribution in [0.1, 0.15) is 44.8 Å². The number of methoxy groups -OCH3 is 1. The minimum absolute atomic E-state index is 0.0563. The van der Waals surface area contributed by atoms with Crippen LogP contribution in [0, 0.1) is 19.8 Å². The molecule has 1 aromatic carbocycles. The minimum Gasteiger partial charge on any atom is -0.465 e. The van der Waals surface area contributed by atoms with Crippen LogP contribution in [-0.4, -0.2) is 38.8 Å². The lowest BCUT2D eigenvalue weighted by Crippen LogP contribution is -2.36. The Kier molecular flexibility index (Phi) is 5.36. The highest BCUT2D eigenvalue weighted by molar-refractivity contribution is 7.94. The third-order valence-corrected chi connectivity index (χ3v) is 8.49. The van der Waals surface area contributed by atoms with Crippen LogP contribution in [0.5, 0.6) is 0 Å². The first-order chi connectivity index (χ1) is 14.2. The van der Waals surface area contributed by atoms with E-state index in [2.05, 4.69) is 4.72 Å². The van der Waals surface area contributed by atoms with Crippen LogP contribution in [0.2, 0.25) is 0 Å². The second-order valence-electron chi connectivity index (χ2n) is 7.92. The summed E-state index contributed by atoms with van der Waals surface area (Å²) >= 11 is 1.05. The Morgan fingerprint density at radius 2 is 1.83 bits per heavy atom. The molecule has 2 aromatic rings. The fraction of sp³-hybridized carbons (Fsp3) is 0.429. The number of thiophene rings is 1. The molecule has 2 aliphatic rings. The van der Waals surface area contributed by atoms with Gasteiger partial charge in [-0.25, -0.2) is 13.2 Å². The van der Waals surface area contributed by atoms with E-state index in [1.54, 1.807) is 17.0 Å². The van der Waals surface area contributed by atoms with E-state index in [9.17, 15) is 18.0 Å². The van der Waals surface area contributed by atoms with Gasteiger partial charge in [-0.2, -0.15) is 0 Å². The zero-order valence-corrected chi connectivity index (χ0v) is 18.8. The van der Waals surface area contributed by atoms with Crippen molar-refractivity contribution in [3.05, 3.63) is 45.3 Å². The number of carbonyl (C=O) groups excluding carboxylic acids is 2. The number of benzene rings is 1. The fourth-order valence-electron chi connectivity index (χ4n) is 3.89. The Balaban J connectivity index is 1.71. The van der Waals surface area contributed by atoms with Gasteiger partial charge in [-0.05, 0) is 61.9 Å². The maximum absolute atomic E-state index is 13.2. The standard InChI is InChI=1S/C21H24N2O5S2/c1-12-8-13(2)10-15(9-12)22-30(26,27)21-18(20(25)28-3)16-6-7-23(11-17(16)29-21)19(24)14-4-5-14/h8-10,14,22H,4-7,11H2,1-3H3. The Morgan fingerprint density at radius 3 is 2.43 bits per heavy atom. The molecule has 1 amide bonds. The van der Waals surface area contributed by atoms with Crippen LogP contribution in [0.15, 0.2) is 22.4 Å². The number of fused-ring (bicyclic) bond motifs is 1. The molecule has 1 aromatic heterocycles. The summed E-state index contributed by atoms with van der Waals surface area (Å²) in [5, 5.41) is 0. The number of aryl methyl sites for hydroxylation is 2. The normalized spacial score (nSPS) is 16.2. The van der Waals surface area contributed by atoms with E-state index in [4.69, 9.17) is 4.74 Å². The van der Waals surface area contributed by atoms with Gasteiger partial charge in [0.2, 0.25) is 5.91 Å². The van der Waals surface area contributed by atoms with Crippen LogP contribution in [0.4, 0.5) is 5.69 Å². The maximum Gasteiger partial charge on any atom is 0.340 e. The second-order valence-corrected chi connectivity index (χ2v) is 10.9. The largest absolute Gasteiger partial charge is 0.465 e. The molecule has 1 fully saturated rings. The van der Waals surface area contributed by atoms with Crippen molar-refractivity contribution in [2.24, 2.45) is 5.92 Å². The van der Waals surface area contributed by atoms with Gasteiger partial charge in [-0.15, -0.1) is 11.3 Å². The number of sulfonamides is 1. The molecule has 4 rings (SSSR count). The number of carbonyl (C=O) groups is 2. The molecule has 1 aliphatic heterocycles. The average Bonchev–Trinajstić information content (AvgIpc) is 3.44. The SMILES string of the molecule is COC(=O)c1c(S(=O)(=O)Nc2cc(C)cc(C)c2)sc2c1CCN(C(=O)C1CC1)C2. The van der Waals surface area contributed by atoms with Crippen molar-refractivity contribution in [3.8, 4) is 0 Å². The number of hydrogen-bond acceptors (Lipinski definition) is 6. The summed E-state index contributed by atoms with van der Waals surface area (Å²) in [6, 6.07) is 5.44. The van der Waals surface area contributed by atoms with Crippen LogP contribution < -0.4 is 4.72 Å². The fourth-order valence-corrected chi connectivity index (χ4v) is 6.83. The highest BCUT2D eigenvalue weighted by Gasteiger charge is 2.38. The van der Waals surface area contributed by atoms with Crippen molar-refractivity contribution >= 4 is 38.9 Å². The maximum atomic E-state index is 13.2. The molecule has 1 aliphatic carbocycles. The summed E-state index contributed by atoms with van der Waals surface area (Å²) in [6.07, 6.45) is 2.27. The predicted molar refractivity (Wildman–Crippen MR) is 114 cm³/mol. The van der Waals surface area contributed by atoms with Crippen molar-refractivity contribution in [3.63, 3.8) is 0 Å². The first kappa shape index (κ1) is 20.9. The first-order valence-electron chi connectivity index (χ1n) is 9.82. The molecule has 160 valence electrons.